The highest BCUT2D eigenvalue weighted by atomic mass is 16.3. The lowest BCUT2D eigenvalue weighted by Gasteiger charge is -2.09. The molecule has 1 rings (SSSR count). The number of rotatable bonds is 2. The van der Waals surface area contributed by atoms with Crippen LogP contribution < -0.4 is 11.5 Å². The summed E-state index contributed by atoms with van der Waals surface area (Å²) in [6.45, 7) is 0.315. The van der Waals surface area contributed by atoms with Gasteiger partial charge in [-0.05, 0) is 17.7 Å². The average Bonchev–Trinajstić information content (AvgIpc) is 2.17. The largest absolute Gasteiger partial charge is 0.507 e. The average molecular weight is 177 g/mol. The monoisotopic (exact) mass is 177 g/mol. The van der Waals surface area contributed by atoms with Crippen molar-refractivity contribution < 1.29 is 5.11 Å². The summed E-state index contributed by atoms with van der Waals surface area (Å²) in [6.07, 6.45) is 0. The topological polar surface area (TPSA) is 96.1 Å². The van der Waals surface area contributed by atoms with Gasteiger partial charge in [-0.25, -0.2) is 0 Å². The molecule has 1 aromatic carbocycles. The number of aromatic hydroxyl groups is 1. The van der Waals surface area contributed by atoms with Crippen molar-refractivity contribution in [2.24, 2.45) is 11.5 Å². The van der Waals surface area contributed by atoms with Crippen LogP contribution in [0.25, 0.3) is 0 Å². The van der Waals surface area contributed by atoms with Gasteiger partial charge < -0.3 is 16.6 Å². The van der Waals surface area contributed by atoms with Crippen LogP contribution in [0.2, 0.25) is 0 Å². The molecule has 0 bridgehead atoms. The fourth-order valence-corrected chi connectivity index (χ4v) is 1.01. The predicted molar refractivity (Wildman–Crippen MR) is 48.8 cm³/mol. The number of hydrogen-bond acceptors (Lipinski definition) is 4. The first-order valence-electron chi connectivity index (χ1n) is 3.87. The van der Waals surface area contributed by atoms with Crippen LogP contribution in [0.15, 0.2) is 18.2 Å². The van der Waals surface area contributed by atoms with Crippen LogP contribution in [0.4, 0.5) is 0 Å². The van der Waals surface area contributed by atoms with Crippen molar-refractivity contribution in [3.63, 3.8) is 0 Å². The molecule has 0 aliphatic heterocycles. The molecule has 4 heteroatoms. The van der Waals surface area contributed by atoms with Crippen LogP contribution in [-0.4, -0.2) is 11.7 Å². The van der Waals surface area contributed by atoms with E-state index in [0.29, 0.717) is 6.54 Å². The minimum Gasteiger partial charge on any atom is -0.507 e. The van der Waals surface area contributed by atoms with E-state index in [2.05, 4.69) is 0 Å². The Kier molecular flexibility index (Phi) is 2.85. The molecule has 4 nitrogen and oxygen atoms in total. The molecule has 0 aliphatic rings. The van der Waals surface area contributed by atoms with E-state index in [1.807, 2.05) is 6.07 Å². The van der Waals surface area contributed by atoms with Crippen molar-refractivity contribution in [3.05, 3.63) is 29.3 Å². The minimum atomic E-state index is -0.285. The molecule has 1 aromatic rings. The zero-order chi connectivity index (χ0) is 9.84. The smallest absolute Gasteiger partial charge is 0.133 e. The van der Waals surface area contributed by atoms with E-state index in [9.17, 15) is 5.11 Å². The zero-order valence-electron chi connectivity index (χ0n) is 7.07. The van der Waals surface area contributed by atoms with Gasteiger partial charge in [-0.1, -0.05) is 6.07 Å². The Labute approximate surface area is 76.4 Å². The Balaban J connectivity index is 3.08. The van der Waals surface area contributed by atoms with Crippen molar-refractivity contribution in [2.45, 2.75) is 6.04 Å². The second-order valence-corrected chi connectivity index (χ2v) is 2.73. The molecule has 0 fully saturated rings. The number of nitrogens with zero attached hydrogens (tertiary/aromatic N) is 1. The summed E-state index contributed by atoms with van der Waals surface area (Å²) in [4.78, 5) is 0. The number of hydrogen-bond donors (Lipinski definition) is 3. The Morgan fingerprint density at radius 1 is 1.54 bits per heavy atom. The number of phenols is 1. The van der Waals surface area contributed by atoms with Crippen molar-refractivity contribution >= 4 is 0 Å². The highest BCUT2D eigenvalue weighted by Gasteiger charge is 2.06. The third-order valence-corrected chi connectivity index (χ3v) is 1.82. The van der Waals surface area contributed by atoms with Gasteiger partial charge in [-0.2, -0.15) is 5.26 Å². The van der Waals surface area contributed by atoms with Crippen LogP contribution >= 0.6 is 0 Å². The summed E-state index contributed by atoms with van der Waals surface area (Å²) in [7, 11) is 0. The molecule has 0 heterocycles. The summed E-state index contributed by atoms with van der Waals surface area (Å²) in [5.74, 6) is -0.0320. The molecule has 1 atom stereocenters. The maximum Gasteiger partial charge on any atom is 0.133 e. The van der Waals surface area contributed by atoms with E-state index in [-0.39, 0.29) is 17.4 Å². The molecule has 0 unspecified atom stereocenters. The molecule has 0 radical (unpaired) electrons. The number of nitriles is 1. The first-order chi connectivity index (χ1) is 6.19. The molecule has 0 saturated carbocycles. The zero-order valence-corrected chi connectivity index (χ0v) is 7.07. The van der Waals surface area contributed by atoms with Crippen LogP contribution in [-0.2, 0) is 0 Å². The molecule has 0 aliphatic carbocycles. The maximum absolute atomic E-state index is 9.19. The van der Waals surface area contributed by atoms with E-state index in [1.165, 1.54) is 6.07 Å². The van der Waals surface area contributed by atoms with E-state index in [1.54, 1.807) is 12.1 Å². The Hall–Kier alpha value is -1.57. The molecule has 0 saturated heterocycles. The van der Waals surface area contributed by atoms with Crippen LogP contribution in [0, 0.1) is 11.3 Å². The first kappa shape index (κ1) is 9.52. The fraction of sp³-hybridized carbons (Fsp3) is 0.222. The lowest BCUT2D eigenvalue weighted by molar-refractivity contribution is 0.473. The summed E-state index contributed by atoms with van der Waals surface area (Å²) in [6, 6.07) is 6.24. The number of benzene rings is 1. The molecule has 0 aromatic heterocycles. The highest BCUT2D eigenvalue weighted by molar-refractivity contribution is 5.45. The molecular formula is C9H11N3O. The summed E-state index contributed by atoms with van der Waals surface area (Å²) in [5.41, 5.74) is 12.0. The van der Waals surface area contributed by atoms with Gasteiger partial charge in [0.25, 0.3) is 0 Å². The molecular weight excluding hydrogens is 166 g/mol. The molecule has 5 N–H and O–H groups in total. The maximum atomic E-state index is 9.19. The van der Waals surface area contributed by atoms with Gasteiger partial charge in [0.1, 0.15) is 11.8 Å². The first-order valence-corrected chi connectivity index (χ1v) is 3.87. The molecule has 68 valence electrons. The number of phenolic OH excluding ortho intramolecular Hbond substituents is 1. The molecule has 13 heavy (non-hydrogen) atoms. The van der Waals surface area contributed by atoms with Gasteiger partial charge in [0.05, 0.1) is 5.56 Å². The van der Waals surface area contributed by atoms with Gasteiger partial charge in [0, 0.05) is 12.6 Å². The van der Waals surface area contributed by atoms with E-state index in [0.717, 1.165) is 5.56 Å². The normalized spacial score (nSPS) is 12.1. The highest BCUT2D eigenvalue weighted by Crippen LogP contribution is 2.19. The van der Waals surface area contributed by atoms with Gasteiger partial charge >= 0.3 is 0 Å². The SMILES string of the molecule is N#Cc1cc([C@H](N)CN)ccc1O. The Morgan fingerprint density at radius 3 is 2.77 bits per heavy atom. The quantitative estimate of drug-likeness (QED) is 0.602. The Morgan fingerprint density at radius 2 is 2.23 bits per heavy atom. The second kappa shape index (κ2) is 3.90. The summed E-state index contributed by atoms with van der Waals surface area (Å²) >= 11 is 0. The third-order valence-electron chi connectivity index (χ3n) is 1.82. The summed E-state index contributed by atoms with van der Waals surface area (Å²) < 4.78 is 0. The van der Waals surface area contributed by atoms with Crippen molar-refractivity contribution in [2.75, 3.05) is 6.54 Å². The van der Waals surface area contributed by atoms with Crippen LogP contribution in [0.3, 0.4) is 0 Å². The number of nitrogens with two attached hydrogens (primary N) is 2. The van der Waals surface area contributed by atoms with Crippen LogP contribution in [0.5, 0.6) is 5.75 Å². The standard InChI is InChI=1S/C9H11N3O/c10-4-7-3-6(8(12)5-11)1-2-9(7)13/h1-3,8,13H,5,11-12H2/t8-/m1/s1. The van der Waals surface area contributed by atoms with Gasteiger partial charge in [-0.3, -0.25) is 0 Å². The van der Waals surface area contributed by atoms with E-state index < -0.39 is 0 Å². The predicted octanol–water partition coefficient (Wildman–Crippen LogP) is 0.222. The minimum absolute atomic E-state index is 0.0320. The third kappa shape index (κ3) is 1.96. The lowest BCUT2D eigenvalue weighted by Crippen LogP contribution is -2.20. The van der Waals surface area contributed by atoms with Crippen LogP contribution in [0.1, 0.15) is 17.2 Å². The lowest BCUT2D eigenvalue weighted by atomic mass is 10.0. The fourth-order valence-electron chi connectivity index (χ4n) is 1.01. The van der Waals surface area contributed by atoms with Crippen molar-refractivity contribution in [1.82, 2.24) is 0 Å². The molecule has 0 spiro atoms. The van der Waals surface area contributed by atoms with Gasteiger partial charge in [0.15, 0.2) is 0 Å². The second-order valence-electron chi connectivity index (χ2n) is 2.73. The molecule has 0 amide bonds. The summed E-state index contributed by atoms with van der Waals surface area (Å²) in [5, 5.41) is 17.8. The Bertz CT molecular complexity index is 343. The van der Waals surface area contributed by atoms with Gasteiger partial charge in [-0.15, -0.1) is 0 Å². The van der Waals surface area contributed by atoms with Crippen molar-refractivity contribution in [1.29, 1.82) is 5.26 Å². The van der Waals surface area contributed by atoms with E-state index >= 15 is 0 Å². The van der Waals surface area contributed by atoms with Gasteiger partial charge in [0.2, 0.25) is 0 Å². The van der Waals surface area contributed by atoms with Crippen molar-refractivity contribution in [3.8, 4) is 11.8 Å². The van der Waals surface area contributed by atoms with E-state index in [4.69, 9.17) is 16.7 Å².